The van der Waals surface area contributed by atoms with Gasteiger partial charge in [0.05, 0.1) is 19.4 Å². The van der Waals surface area contributed by atoms with Crippen LogP contribution in [0.2, 0.25) is 0 Å². The molecule has 0 aromatic rings. The summed E-state index contributed by atoms with van der Waals surface area (Å²) < 4.78 is 9.75. The summed E-state index contributed by atoms with van der Waals surface area (Å²) in [6.45, 7) is 3.97. The Morgan fingerprint density at radius 3 is 2.56 bits per heavy atom. The average Bonchev–Trinajstić information content (AvgIpc) is 2.36. The van der Waals surface area contributed by atoms with E-state index in [-0.39, 0.29) is 12.8 Å². The predicted molar refractivity (Wildman–Crippen MR) is 68.6 cm³/mol. The van der Waals surface area contributed by atoms with Crippen LogP contribution in [0.1, 0.15) is 39.5 Å². The molecule has 1 atom stereocenters. The van der Waals surface area contributed by atoms with Crippen LogP contribution in [0.3, 0.4) is 0 Å². The van der Waals surface area contributed by atoms with E-state index in [9.17, 15) is 9.59 Å². The van der Waals surface area contributed by atoms with Gasteiger partial charge in [-0.05, 0) is 19.8 Å². The minimum Gasteiger partial charge on any atom is -0.465 e. The second-order valence-electron chi connectivity index (χ2n) is 3.69. The summed E-state index contributed by atoms with van der Waals surface area (Å²) >= 11 is 0. The largest absolute Gasteiger partial charge is 0.465 e. The molecule has 4 heteroatoms. The van der Waals surface area contributed by atoms with Crippen molar-refractivity contribution in [3.63, 3.8) is 0 Å². The van der Waals surface area contributed by atoms with Crippen molar-refractivity contribution >= 4 is 11.9 Å². The van der Waals surface area contributed by atoms with Gasteiger partial charge in [-0.1, -0.05) is 25.0 Å². The molecule has 0 spiro atoms. The second kappa shape index (κ2) is 10.4. The van der Waals surface area contributed by atoms with Gasteiger partial charge < -0.3 is 9.47 Å². The maximum absolute atomic E-state index is 11.2. The predicted octanol–water partition coefficient (Wildman–Crippen LogP) is 2.23. The highest BCUT2D eigenvalue weighted by atomic mass is 16.5. The first-order chi connectivity index (χ1) is 8.60. The molecule has 0 saturated carbocycles. The van der Waals surface area contributed by atoms with Gasteiger partial charge in [0, 0.05) is 0 Å². The molecule has 1 unspecified atom stereocenters. The van der Waals surface area contributed by atoms with E-state index in [1.807, 2.05) is 19.1 Å². The first kappa shape index (κ1) is 16.2. The highest BCUT2D eigenvalue weighted by molar-refractivity contribution is 5.77. The van der Waals surface area contributed by atoms with Gasteiger partial charge in [-0.15, -0.1) is 6.42 Å². The van der Waals surface area contributed by atoms with Crippen molar-refractivity contribution in [2.24, 2.45) is 0 Å². The molecular weight excluding hydrogens is 232 g/mol. The number of terminal acetylenes is 1. The van der Waals surface area contributed by atoms with Crippen LogP contribution in [0.25, 0.3) is 0 Å². The van der Waals surface area contributed by atoms with E-state index in [0.717, 1.165) is 6.42 Å². The highest BCUT2D eigenvalue weighted by Crippen LogP contribution is 1.99. The van der Waals surface area contributed by atoms with Gasteiger partial charge in [0.1, 0.15) is 0 Å². The Hall–Kier alpha value is -1.76. The van der Waals surface area contributed by atoms with Crippen molar-refractivity contribution in [3.05, 3.63) is 12.2 Å². The lowest BCUT2D eigenvalue weighted by atomic mass is 10.3. The molecule has 18 heavy (non-hydrogen) atoms. The van der Waals surface area contributed by atoms with Crippen LogP contribution >= 0.6 is 0 Å². The number of ether oxygens (including phenoxy) is 2. The molecule has 4 nitrogen and oxygen atoms in total. The molecule has 0 radical (unpaired) electrons. The average molecular weight is 252 g/mol. The van der Waals surface area contributed by atoms with Gasteiger partial charge in [0.2, 0.25) is 0 Å². The quantitative estimate of drug-likeness (QED) is 0.288. The molecule has 100 valence electrons. The third-order valence-electron chi connectivity index (χ3n) is 2.03. The number of carbonyl (C=O) groups excluding carboxylic acids is 2. The van der Waals surface area contributed by atoms with Gasteiger partial charge in [-0.2, -0.15) is 0 Å². The molecule has 0 aliphatic heterocycles. The van der Waals surface area contributed by atoms with Crippen LogP contribution in [0.4, 0.5) is 0 Å². The maximum Gasteiger partial charge on any atom is 0.307 e. The lowest BCUT2D eigenvalue weighted by Gasteiger charge is -2.06. The molecule has 0 bridgehead atoms. The van der Waals surface area contributed by atoms with Crippen LogP contribution in [0.5, 0.6) is 0 Å². The lowest BCUT2D eigenvalue weighted by Crippen LogP contribution is -2.15. The third-order valence-corrected chi connectivity index (χ3v) is 2.03. The Kier molecular flexibility index (Phi) is 9.38. The smallest absolute Gasteiger partial charge is 0.307 e. The standard InChI is InChI=1S/C14H20O4/c1-4-6-7-8-11-17-13(15)9-10-14(16)18-12(3)5-2/h2,6-7,12H,4,8-11H2,1,3H3/b7-6+. The van der Waals surface area contributed by atoms with Crippen molar-refractivity contribution in [2.45, 2.75) is 45.6 Å². The minimum atomic E-state index is -0.562. The number of hydrogen-bond donors (Lipinski definition) is 0. The van der Waals surface area contributed by atoms with E-state index < -0.39 is 18.0 Å². The Morgan fingerprint density at radius 1 is 1.28 bits per heavy atom. The lowest BCUT2D eigenvalue weighted by molar-refractivity contribution is -0.151. The normalized spacial score (nSPS) is 11.8. The topological polar surface area (TPSA) is 52.6 Å². The monoisotopic (exact) mass is 252 g/mol. The van der Waals surface area contributed by atoms with E-state index in [2.05, 4.69) is 5.92 Å². The van der Waals surface area contributed by atoms with Gasteiger partial charge in [0.25, 0.3) is 0 Å². The zero-order valence-corrected chi connectivity index (χ0v) is 11.0. The molecule has 0 aliphatic carbocycles. The number of rotatable bonds is 8. The van der Waals surface area contributed by atoms with E-state index in [1.54, 1.807) is 6.92 Å². The fourth-order valence-corrected chi connectivity index (χ4v) is 1.09. The van der Waals surface area contributed by atoms with Crippen molar-refractivity contribution in [1.29, 1.82) is 0 Å². The summed E-state index contributed by atoms with van der Waals surface area (Å²) in [5.74, 6) is 1.39. The first-order valence-electron chi connectivity index (χ1n) is 6.06. The van der Waals surface area contributed by atoms with Crippen LogP contribution in [0.15, 0.2) is 12.2 Å². The Morgan fingerprint density at radius 2 is 1.94 bits per heavy atom. The molecule has 0 heterocycles. The maximum atomic E-state index is 11.2. The molecule has 0 aromatic carbocycles. The fraction of sp³-hybridized carbons (Fsp3) is 0.571. The summed E-state index contributed by atoms with van der Waals surface area (Å²) in [5.41, 5.74) is 0. The number of allylic oxidation sites excluding steroid dienone is 1. The summed E-state index contributed by atoms with van der Waals surface area (Å²) in [4.78, 5) is 22.4. The minimum absolute atomic E-state index is 0.00431. The Balaban J connectivity index is 3.62. The molecule has 0 saturated heterocycles. The van der Waals surface area contributed by atoms with Crippen molar-refractivity contribution in [3.8, 4) is 12.3 Å². The van der Waals surface area contributed by atoms with Gasteiger partial charge in [0.15, 0.2) is 6.10 Å². The molecule has 0 amide bonds. The van der Waals surface area contributed by atoms with E-state index in [0.29, 0.717) is 13.0 Å². The third kappa shape index (κ3) is 9.46. The summed E-state index contributed by atoms with van der Waals surface area (Å²) in [5, 5.41) is 0. The van der Waals surface area contributed by atoms with Crippen LogP contribution in [-0.2, 0) is 19.1 Å². The molecular formula is C14H20O4. The number of carbonyl (C=O) groups is 2. The molecule has 0 rings (SSSR count). The Bertz CT molecular complexity index is 325. The second-order valence-corrected chi connectivity index (χ2v) is 3.69. The zero-order valence-electron chi connectivity index (χ0n) is 11.0. The van der Waals surface area contributed by atoms with Crippen LogP contribution < -0.4 is 0 Å². The number of hydrogen-bond acceptors (Lipinski definition) is 4. The van der Waals surface area contributed by atoms with Crippen molar-refractivity contribution < 1.29 is 19.1 Å². The van der Waals surface area contributed by atoms with Crippen molar-refractivity contribution in [2.75, 3.05) is 6.61 Å². The highest BCUT2D eigenvalue weighted by Gasteiger charge is 2.10. The van der Waals surface area contributed by atoms with E-state index >= 15 is 0 Å². The molecule has 0 N–H and O–H groups in total. The van der Waals surface area contributed by atoms with E-state index in [4.69, 9.17) is 15.9 Å². The zero-order chi connectivity index (χ0) is 13.8. The molecule has 0 aliphatic rings. The SMILES string of the molecule is C#CC(C)OC(=O)CCC(=O)OCC/C=C/CC. The molecule has 0 fully saturated rings. The fourth-order valence-electron chi connectivity index (χ4n) is 1.09. The summed E-state index contributed by atoms with van der Waals surface area (Å²) in [7, 11) is 0. The van der Waals surface area contributed by atoms with Crippen molar-refractivity contribution in [1.82, 2.24) is 0 Å². The Labute approximate surface area is 108 Å². The molecule has 0 aromatic heterocycles. The van der Waals surface area contributed by atoms with Crippen LogP contribution in [0, 0.1) is 12.3 Å². The van der Waals surface area contributed by atoms with Gasteiger partial charge >= 0.3 is 11.9 Å². The van der Waals surface area contributed by atoms with Crippen LogP contribution in [-0.4, -0.2) is 24.6 Å². The summed E-state index contributed by atoms with van der Waals surface area (Å²) in [6, 6.07) is 0. The summed E-state index contributed by atoms with van der Waals surface area (Å²) in [6.07, 6.45) is 10.1. The van der Waals surface area contributed by atoms with E-state index in [1.165, 1.54) is 0 Å². The number of esters is 2. The first-order valence-corrected chi connectivity index (χ1v) is 6.06. The van der Waals surface area contributed by atoms with Gasteiger partial charge in [-0.25, -0.2) is 0 Å². The van der Waals surface area contributed by atoms with Gasteiger partial charge in [-0.3, -0.25) is 9.59 Å².